The van der Waals surface area contributed by atoms with Crippen LogP contribution < -0.4 is 4.74 Å². The minimum absolute atomic E-state index is 0.151. The van der Waals surface area contributed by atoms with Gasteiger partial charge in [0.05, 0.1) is 13.0 Å². The van der Waals surface area contributed by atoms with Crippen LogP contribution in [0.1, 0.15) is 38.2 Å². The lowest BCUT2D eigenvalue weighted by molar-refractivity contribution is -0.137. The van der Waals surface area contributed by atoms with Gasteiger partial charge in [0.15, 0.2) is 0 Å². The van der Waals surface area contributed by atoms with Crippen molar-refractivity contribution >= 4 is 16.7 Å². The first-order valence-electron chi connectivity index (χ1n) is 9.02. The highest BCUT2D eigenvalue weighted by Gasteiger charge is 2.31. The maximum atomic E-state index is 13.0. The highest BCUT2D eigenvalue weighted by molar-refractivity contribution is 5.88. The second-order valence-electron chi connectivity index (χ2n) is 7.16. The van der Waals surface area contributed by atoms with Gasteiger partial charge in [-0.3, -0.25) is 4.79 Å². The number of amides is 1. The molecule has 0 saturated carbocycles. The molecule has 3 rings (SSSR count). The van der Waals surface area contributed by atoms with Crippen LogP contribution in [-0.2, 0) is 4.79 Å². The monoisotopic (exact) mass is 341 g/mol. The molecule has 1 aliphatic rings. The van der Waals surface area contributed by atoms with Gasteiger partial charge in [-0.2, -0.15) is 0 Å². The summed E-state index contributed by atoms with van der Waals surface area (Å²) in [5.74, 6) is 1.00. The van der Waals surface area contributed by atoms with Crippen LogP contribution >= 0.6 is 0 Å². The maximum Gasteiger partial charge on any atom is 0.230 e. The van der Waals surface area contributed by atoms with Gasteiger partial charge in [-0.25, -0.2) is 0 Å². The molecule has 2 aromatic rings. The molecule has 1 saturated heterocycles. The van der Waals surface area contributed by atoms with Crippen molar-refractivity contribution < 1.29 is 14.6 Å². The topological polar surface area (TPSA) is 49.8 Å². The van der Waals surface area contributed by atoms with Crippen molar-refractivity contribution in [2.24, 2.45) is 5.92 Å². The number of likely N-dealkylation sites (tertiary alicyclic amines) is 1. The first-order chi connectivity index (χ1) is 12.0. The third-order valence-electron chi connectivity index (χ3n) is 5.46. The minimum Gasteiger partial charge on any atom is -0.497 e. The smallest absolute Gasteiger partial charge is 0.230 e. The average molecular weight is 341 g/mol. The molecule has 134 valence electrons. The normalized spacial score (nSPS) is 22.0. The molecule has 1 N–H and O–H groups in total. The van der Waals surface area contributed by atoms with E-state index in [4.69, 9.17) is 4.74 Å². The fraction of sp³-hybridized carbons (Fsp3) is 0.476. The van der Waals surface area contributed by atoms with Crippen LogP contribution in [0.4, 0.5) is 0 Å². The van der Waals surface area contributed by atoms with Crippen molar-refractivity contribution in [1.82, 2.24) is 4.90 Å². The van der Waals surface area contributed by atoms with Gasteiger partial charge in [-0.1, -0.05) is 24.3 Å². The summed E-state index contributed by atoms with van der Waals surface area (Å²) in [6, 6.07) is 12.4. The zero-order valence-corrected chi connectivity index (χ0v) is 15.2. The Morgan fingerprint density at radius 2 is 1.96 bits per heavy atom. The van der Waals surface area contributed by atoms with Crippen LogP contribution in [0.5, 0.6) is 5.75 Å². The Hall–Kier alpha value is -2.07. The number of carbonyl (C=O) groups excluding carboxylic acids is 1. The standard InChI is InChI=1S/C21H27NO3/c1-14-4-5-16(13-23)12-22(14)21(24)15(2)17-6-7-19-11-20(25-3)9-8-18(19)10-17/h6-11,14-16,23H,4-5,12-13H2,1-3H3/t14?,15-,16?/m0/s1. The quantitative estimate of drug-likeness (QED) is 0.925. The molecule has 0 aromatic heterocycles. The summed E-state index contributed by atoms with van der Waals surface area (Å²) in [4.78, 5) is 15.0. The number of hydrogen-bond donors (Lipinski definition) is 1. The molecule has 25 heavy (non-hydrogen) atoms. The van der Waals surface area contributed by atoms with Crippen LogP contribution in [0.15, 0.2) is 36.4 Å². The van der Waals surface area contributed by atoms with E-state index < -0.39 is 0 Å². The highest BCUT2D eigenvalue weighted by atomic mass is 16.5. The second-order valence-corrected chi connectivity index (χ2v) is 7.16. The summed E-state index contributed by atoms with van der Waals surface area (Å²) in [6.07, 6.45) is 1.95. The number of rotatable bonds is 4. The molecular weight excluding hydrogens is 314 g/mol. The van der Waals surface area contributed by atoms with Crippen molar-refractivity contribution in [3.8, 4) is 5.75 Å². The van der Waals surface area contributed by atoms with E-state index in [2.05, 4.69) is 13.0 Å². The van der Waals surface area contributed by atoms with Gasteiger partial charge in [-0.15, -0.1) is 0 Å². The van der Waals surface area contributed by atoms with Gasteiger partial charge in [0.25, 0.3) is 0 Å². The molecule has 4 heteroatoms. The average Bonchev–Trinajstić information content (AvgIpc) is 2.66. The third kappa shape index (κ3) is 3.64. The number of carbonyl (C=O) groups is 1. The van der Waals surface area contributed by atoms with Crippen LogP contribution in [0.3, 0.4) is 0 Å². The van der Waals surface area contributed by atoms with Crippen molar-refractivity contribution in [3.05, 3.63) is 42.0 Å². The number of hydrogen-bond acceptors (Lipinski definition) is 3. The summed E-state index contributed by atoms with van der Waals surface area (Å²) in [5.41, 5.74) is 1.03. The van der Waals surface area contributed by atoms with Crippen LogP contribution in [-0.4, -0.2) is 42.2 Å². The predicted molar refractivity (Wildman–Crippen MR) is 99.9 cm³/mol. The molecular formula is C21H27NO3. The van der Waals surface area contributed by atoms with Gasteiger partial charge in [0, 0.05) is 19.2 Å². The van der Waals surface area contributed by atoms with Gasteiger partial charge >= 0.3 is 0 Å². The Labute approximate surface area is 149 Å². The lowest BCUT2D eigenvalue weighted by Gasteiger charge is -2.39. The van der Waals surface area contributed by atoms with Crippen molar-refractivity contribution in [3.63, 3.8) is 0 Å². The molecule has 2 unspecified atom stereocenters. The Morgan fingerprint density at radius 3 is 2.68 bits per heavy atom. The number of methoxy groups -OCH3 is 1. The van der Waals surface area contributed by atoms with Crippen molar-refractivity contribution in [1.29, 1.82) is 0 Å². The number of piperidine rings is 1. The zero-order chi connectivity index (χ0) is 18.0. The van der Waals surface area contributed by atoms with E-state index in [1.54, 1.807) is 7.11 Å². The van der Waals surface area contributed by atoms with E-state index in [9.17, 15) is 9.90 Å². The van der Waals surface area contributed by atoms with Crippen molar-refractivity contribution in [2.45, 2.75) is 38.6 Å². The molecule has 0 spiro atoms. The van der Waals surface area contributed by atoms with Crippen LogP contribution in [0, 0.1) is 5.92 Å². The van der Waals surface area contributed by atoms with Crippen LogP contribution in [0.2, 0.25) is 0 Å². The number of aliphatic hydroxyl groups excluding tert-OH is 1. The molecule has 4 nitrogen and oxygen atoms in total. The lowest BCUT2D eigenvalue weighted by atomic mass is 9.91. The van der Waals surface area contributed by atoms with E-state index in [-0.39, 0.29) is 30.4 Å². The summed E-state index contributed by atoms with van der Waals surface area (Å²) in [7, 11) is 1.66. The molecule has 1 amide bonds. The van der Waals surface area contributed by atoms with E-state index in [1.165, 1.54) is 0 Å². The molecule has 0 bridgehead atoms. The Kier molecular flexibility index (Phi) is 5.28. The zero-order valence-electron chi connectivity index (χ0n) is 15.2. The molecule has 1 fully saturated rings. The first-order valence-corrected chi connectivity index (χ1v) is 9.02. The molecule has 1 heterocycles. The molecule has 0 aliphatic carbocycles. The Balaban J connectivity index is 1.82. The van der Waals surface area contributed by atoms with Crippen molar-refractivity contribution in [2.75, 3.05) is 20.3 Å². The van der Waals surface area contributed by atoms with Gasteiger partial charge in [0.1, 0.15) is 5.75 Å². The van der Waals surface area contributed by atoms with Gasteiger partial charge in [0.2, 0.25) is 5.91 Å². The number of ether oxygens (including phenoxy) is 1. The van der Waals surface area contributed by atoms with Gasteiger partial charge in [-0.05, 0) is 61.1 Å². The second kappa shape index (κ2) is 7.44. The molecule has 2 aromatic carbocycles. The number of aliphatic hydroxyl groups is 1. The summed E-state index contributed by atoms with van der Waals surface area (Å²) in [6.45, 7) is 4.89. The third-order valence-corrected chi connectivity index (χ3v) is 5.46. The minimum atomic E-state index is -0.189. The fourth-order valence-corrected chi connectivity index (χ4v) is 3.67. The highest BCUT2D eigenvalue weighted by Crippen LogP contribution is 2.29. The number of nitrogens with zero attached hydrogens (tertiary/aromatic N) is 1. The first kappa shape index (κ1) is 17.7. The molecule has 3 atom stereocenters. The molecule has 0 radical (unpaired) electrons. The van der Waals surface area contributed by atoms with E-state index in [0.717, 1.165) is 34.9 Å². The maximum absolute atomic E-state index is 13.0. The van der Waals surface area contributed by atoms with Crippen LogP contribution in [0.25, 0.3) is 10.8 Å². The summed E-state index contributed by atoms with van der Waals surface area (Å²) in [5, 5.41) is 11.7. The van der Waals surface area contributed by atoms with E-state index in [0.29, 0.717) is 6.54 Å². The Morgan fingerprint density at radius 1 is 1.24 bits per heavy atom. The number of fused-ring (bicyclic) bond motifs is 1. The fourth-order valence-electron chi connectivity index (χ4n) is 3.67. The van der Waals surface area contributed by atoms with E-state index in [1.807, 2.05) is 42.2 Å². The Bertz CT molecular complexity index is 758. The number of benzene rings is 2. The largest absolute Gasteiger partial charge is 0.497 e. The van der Waals surface area contributed by atoms with E-state index >= 15 is 0 Å². The molecule has 1 aliphatic heterocycles. The summed E-state index contributed by atoms with van der Waals surface area (Å²) >= 11 is 0. The SMILES string of the molecule is COc1ccc2cc([C@H](C)C(=O)N3CC(CO)CCC3C)ccc2c1. The summed E-state index contributed by atoms with van der Waals surface area (Å²) < 4.78 is 5.27. The predicted octanol–water partition coefficient (Wildman–Crippen LogP) is 3.57. The lowest BCUT2D eigenvalue weighted by Crippen LogP contribution is -2.47. The van der Waals surface area contributed by atoms with Gasteiger partial charge < -0.3 is 14.7 Å².